The number of nitrogens with zero attached hydrogens (tertiary/aromatic N) is 1. The monoisotopic (exact) mass is 331 g/mol. The Morgan fingerprint density at radius 2 is 2.05 bits per heavy atom. The maximum atomic E-state index is 4.43. The molecule has 2 aromatic carbocycles. The molecule has 0 aliphatic carbocycles. The van der Waals surface area contributed by atoms with Gasteiger partial charge in [-0.15, -0.1) is 0 Å². The number of hydrogen-bond donors (Lipinski definition) is 0. The third kappa shape index (κ3) is 6.05. The van der Waals surface area contributed by atoms with Crippen molar-refractivity contribution in [1.82, 2.24) is 0 Å². The Hall–Kier alpha value is -0.411. The molecule has 1 unspecified atom stereocenters. The molecule has 0 bridgehead atoms. The van der Waals surface area contributed by atoms with E-state index in [0.717, 1.165) is 12.3 Å². The van der Waals surface area contributed by atoms with Crippen LogP contribution in [-0.4, -0.2) is 16.7 Å². The molecule has 1 aliphatic heterocycles. The van der Waals surface area contributed by atoms with Gasteiger partial charge in [0.2, 0.25) is 0 Å². The summed E-state index contributed by atoms with van der Waals surface area (Å²) in [5.41, 5.74) is 1.40. The maximum absolute atomic E-state index is 4.43. The maximum Gasteiger partial charge on any atom is 2.00 e. The number of rotatable bonds is 2. The van der Waals surface area contributed by atoms with Gasteiger partial charge in [-0.3, -0.25) is 4.99 Å². The van der Waals surface area contributed by atoms with Crippen molar-refractivity contribution in [3.05, 3.63) is 60.2 Å². The van der Waals surface area contributed by atoms with Crippen LogP contribution in [0.25, 0.3) is 0 Å². The first-order valence-electron chi connectivity index (χ1n) is 6.08. The average molecular weight is 331 g/mol. The molecule has 0 saturated carbocycles. The van der Waals surface area contributed by atoms with E-state index in [9.17, 15) is 0 Å². The van der Waals surface area contributed by atoms with Crippen molar-refractivity contribution in [3.63, 3.8) is 0 Å². The van der Waals surface area contributed by atoms with Crippen molar-refractivity contribution < 1.29 is 17.1 Å². The Bertz CT molecular complexity index is 431. The van der Waals surface area contributed by atoms with E-state index in [1.807, 2.05) is 53.9 Å². The van der Waals surface area contributed by atoms with Crippen molar-refractivity contribution >= 4 is 27.9 Å². The summed E-state index contributed by atoms with van der Waals surface area (Å²) in [7, 11) is 0. The van der Waals surface area contributed by atoms with Crippen LogP contribution in [0.5, 0.6) is 0 Å². The Balaban J connectivity index is 0.000000256. The number of aliphatic imine (C=N–C) groups is 1. The zero-order valence-corrected chi connectivity index (χ0v) is 13.5. The van der Waals surface area contributed by atoms with Crippen LogP contribution in [0.4, 0.5) is 0 Å². The van der Waals surface area contributed by atoms with Gasteiger partial charge in [-0.2, -0.15) is 35.9 Å². The fraction of sp³-hybridized carbons (Fsp3) is 0.267. The summed E-state index contributed by atoms with van der Waals surface area (Å²) in [5.74, 6) is 1.16. The van der Waals surface area contributed by atoms with Crippen molar-refractivity contribution in [3.8, 4) is 0 Å². The number of hydrogen-bond acceptors (Lipinski definition) is 3. The quantitative estimate of drug-likeness (QED) is 0.584. The topological polar surface area (TPSA) is 12.4 Å². The van der Waals surface area contributed by atoms with E-state index < -0.39 is 0 Å². The largest absolute Gasteiger partial charge is 2.00 e. The third-order valence-corrected chi connectivity index (χ3v) is 4.91. The van der Waals surface area contributed by atoms with Crippen LogP contribution in [0.3, 0.4) is 0 Å². The second-order valence-corrected chi connectivity index (χ2v) is 6.61. The van der Waals surface area contributed by atoms with Gasteiger partial charge in [0.15, 0.2) is 0 Å². The summed E-state index contributed by atoms with van der Waals surface area (Å²) in [6.45, 7) is 3.24. The molecule has 19 heavy (non-hydrogen) atoms. The van der Waals surface area contributed by atoms with Crippen LogP contribution in [0.15, 0.2) is 59.6 Å². The Morgan fingerprint density at radius 3 is 2.53 bits per heavy atom. The molecule has 0 spiro atoms. The van der Waals surface area contributed by atoms with Gasteiger partial charge >= 0.3 is 17.1 Å². The minimum absolute atomic E-state index is 0. The number of thioether (sulfide) groups is 2. The fourth-order valence-electron chi connectivity index (χ4n) is 1.59. The van der Waals surface area contributed by atoms with Gasteiger partial charge in [0.25, 0.3) is 0 Å². The molecule has 1 atom stereocenters. The summed E-state index contributed by atoms with van der Waals surface area (Å²) >= 11 is 3.76. The van der Waals surface area contributed by atoms with Crippen molar-refractivity contribution in [2.24, 2.45) is 4.99 Å². The molecule has 4 heteroatoms. The molecule has 0 N–H and O–H groups in total. The van der Waals surface area contributed by atoms with Crippen molar-refractivity contribution in [1.29, 1.82) is 0 Å². The second kappa shape index (κ2) is 9.49. The van der Waals surface area contributed by atoms with E-state index in [2.05, 4.69) is 36.2 Å². The van der Waals surface area contributed by atoms with E-state index in [1.54, 1.807) is 0 Å². The summed E-state index contributed by atoms with van der Waals surface area (Å²) in [6, 6.07) is 18.5. The van der Waals surface area contributed by atoms with Gasteiger partial charge in [-0.05, 0) is 0 Å². The molecule has 2 aromatic rings. The molecular weight excluding hydrogens is 314 g/mol. The van der Waals surface area contributed by atoms with Crippen LogP contribution in [0.2, 0.25) is 0 Å². The zero-order chi connectivity index (χ0) is 12.6. The Kier molecular flexibility index (Phi) is 8.31. The summed E-state index contributed by atoms with van der Waals surface area (Å²) in [5, 5.41) is 0.541. The van der Waals surface area contributed by atoms with Gasteiger partial charge in [0, 0.05) is 11.0 Å². The Labute approximate surface area is 134 Å². The van der Waals surface area contributed by atoms with Crippen LogP contribution < -0.4 is 0 Å². The molecular formula is C15H17FeNS2. The molecule has 0 radical (unpaired) electrons. The molecule has 0 amide bonds. The predicted molar refractivity (Wildman–Crippen MR) is 84.8 cm³/mol. The second-order valence-electron chi connectivity index (χ2n) is 3.94. The molecule has 0 fully saturated rings. The standard InChI is InChI=1S/C10H12NS2.C5H5.Fe/c1-8(9-4-2-3-5-9)13-10-11-6-7-12-10;1-2-4-5-3-1;/h2-5,8H,6-7H2,1H3;1-5H;/q2*-1;+2. The summed E-state index contributed by atoms with van der Waals surface area (Å²) in [6.07, 6.45) is 0. The van der Waals surface area contributed by atoms with Crippen molar-refractivity contribution in [2.75, 3.05) is 12.3 Å². The van der Waals surface area contributed by atoms with Gasteiger partial charge < -0.3 is 0 Å². The molecule has 102 valence electrons. The molecule has 1 nitrogen and oxygen atoms in total. The van der Waals surface area contributed by atoms with E-state index in [0.29, 0.717) is 5.25 Å². The van der Waals surface area contributed by atoms with Gasteiger partial charge in [0.05, 0.1) is 6.54 Å². The minimum atomic E-state index is 0. The van der Waals surface area contributed by atoms with Gasteiger partial charge in [-0.1, -0.05) is 30.4 Å². The zero-order valence-electron chi connectivity index (χ0n) is 10.8. The van der Waals surface area contributed by atoms with Crippen LogP contribution in [-0.2, 0) is 17.1 Å². The molecule has 0 aromatic heterocycles. The first-order valence-corrected chi connectivity index (χ1v) is 7.95. The molecule has 0 saturated heterocycles. The van der Waals surface area contributed by atoms with Gasteiger partial charge in [-0.25, -0.2) is 24.3 Å². The Morgan fingerprint density at radius 1 is 1.26 bits per heavy atom. The molecule has 3 rings (SSSR count). The van der Waals surface area contributed by atoms with E-state index in [-0.39, 0.29) is 17.1 Å². The van der Waals surface area contributed by atoms with E-state index >= 15 is 0 Å². The molecule has 1 aliphatic rings. The SMILES string of the molecule is CC(SC1=NCCS1)c1ccc[cH-]1.[Fe+2].c1cc[cH-]c1. The molecule has 1 heterocycles. The average Bonchev–Trinajstić information content (AvgIpc) is 3.15. The fourth-order valence-corrected chi connectivity index (χ4v) is 3.84. The third-order valence-electron chi connectivity index (χ3n) is 2.55. The summed E-state index contributed by atoms with van der Waals surface area (Å²) in [4.78, 5) is 4.43. The van der Waals surface area contributed by atoms with E-state index in [1.165, 1.54) is 9.94 Å². The van der Waals surface area contributed by atoms with Gasteiger partial charge in [0.1, 0.15) is 4.38 Å². The van der Waals surface area contributed by atoms with Crippen molar-refractivity contribution in [2.45, 2.75) is 12.2 Å². The normalized spacial score (nSPS) is 14.9. The first kappa shape index (κ1) is 16.6. The first-order chi connectivity index (χ1) is 8.86. The predicted octanol–water partition coefficient (Wildman–Crippen LogP) is 4.71. The van der Waals surface area contributed by atoms with Crippen LogP contribution >= 0.6 is 23.5 Å². The summed E-state index contributed by atoms with van der Waals surface area (Å²) < 4.78 is 1.26. The van der Waals surface area contributed by atoms with E-state index in [4.69, 9.17) is 0 Å². The minimum Gasteiger partial charge on any atom is -0.271 e. The van der Waals surface area contributed by atoms with Crippen LogP contribution in [0.1, 0.15) is 17.7 Å². The van der Waals surface area contributed by atoms with Crippen LogP contribution in [0, 0.1) is 0 Å². The smallest absolute Gasteiger partial charge is 0.271 e.